The predicted octanol–water partition coefficient (Wildman–Crippen LogP) is 3.98. The van der Waals surface area contributed by atoms with Crippen molar-refractivity contribution in [2.24, 2.45) is 5.92 Å². The Kier molecular flexibility index (Phi) is 4.56. The van der Waals surface area contributed by atoms with Gasteiger partial charge in [-0.25, -0.2) is 4.98 Å². The van der Waals surface area contributed by atoms with Gasteiger partial charge in [-0.15, -0.1) is 0 Å². The Balaban J connectivity index is 1.67. The van der Waals surface area contributed by atoms with Crippen molar-refractivity contribution in [1.82, 2.24) is 15.5 Å². The van der Waals surface area contributed by atoms with E-state index in [0.717, 1.165) is 36.3 Å². The lowest BCUT2D eigenvalue weighted by atomic mass is 10.0. The molecule has 1 aliphatic rings. The number of pyridine rings is 1. The fraction of sp³-hybridized carbons (Fsp3) is 0.381. The second-order valence-corrected chi connectivity index (χ2v) is 7.02. The van der Waals surface area contributed by atoms with Crippen LogP contribution in [0.5, 0.6) is 5.75 Å². The second-order valence-electron chi connectivity index (χ2n) is 7.02. The molecule has 1 amide bonds. The van der Waals surface area contributed by atoms with Gasteiger partial charge < -0.3 is 14.6 Å². The SMILES string of the molecule is CCc1cc(C(=O)NC(c2ccc(OC)cc2)C2CC2)c2c(C)noc2n1. The van der Waals surface area contributed by atoms with Gasteiger partial charge in [0.1, 0.15) is 5.75 Å². The number of carbonyl (C=O) groups excluding carboxylic acids is 1. The number of benzene rings is 1. The summed E-state index contributed by atoms with van der Waals surface area (Å²) in [7, 11) is 1.65. The zero-order chi connectivity index (χ0) is 19.0. The second kappa shape index (κ2) is 7.02. The number of amides is 1. The van der Waals surface area contributed by atoms with Gasteiger partial charge in [-0.1, -0.05) is 24.2 Å². The summed E-state index contributed by atoms with van der Waals surface area (Å²) in [5.74, 6) is 1.16. The maximum absolute atomic E-state index is 13.2. The first-order valence-electron chi connectivity index (χ1n) is 9.31. The van der Waals surface area contributed by atoms with Gasteiger partial charge in [-0.05, 0) is 55.9 Å². The molecule has 1 aliphatic carbocycles. The largest absolute Gasteiger partial charge is 0.497 e. The van der Waals surface area contributed by atoms with Gasteiger partial charge in [0.05, 0.1) is 29.8 Å². The zero-order valence-electron chi connectivity index (χ0n) is 15.8. The summed E-state index contributed by atoms with van der Waals surface area (Å²) in [6.45, 7) is 3.83. The van der Waals surface area contributed by atoms with E-state index in [1.165, 1.54) is 0 Å². The molecule has 0 bridgehead atoms. The molecule has 2 aromatic heterocycles. The Morgan fingerprint density at radius 1 is 1.33 bits per heavy atom. The van der Waals surface area contributed by atoms with Crippen molar-refractivity contribution in [3.63, 3.8) is 0 Å². The van der Waals surface area contributed by atoms with Crippen LogP contribution < -0.4 is 10.1 Å². The fourth-order valence-corrected chi connectivity index (χ4v) is 3.44. The molecular formula is C21H23N3O3. The predicted molar refractivity (Wildman–Crippen MR) is 102 cm³/mol. The number of hydrogen-bond donors (Lipinski definition) is 1. The number of fused-ring (bicyclic) bond motifs is 1. The number of carbonyl (C=O) groups is 1. The smallest absolute Gasteiger partial charge is 0.258 e. The van der Waals surface area contributed by atoms with Crippen LogP contribution in [0.15, 0.2) is 34.9 Å². The highest BCUT2D eigenvalue weighted by Gasteiger charge is 2.34. The van der Waals surface area contributed by atoms with Gasteiger partial charge in [-0.2, -0.15) is 0 Å². The minimum absolute atomic E-state index is 0.0168. The average Bonchev–Trinajstić information content (AvgIpc) is 3.48. The van der Waals surface area contributed by atoms with Crippen LogP contribution in [0.1, 0.15) is 53.1 Å². The van der Waals surface area contributed by atoms with E-state index < -0.39 is 0 Å². The van der Waals surface area contributed by atoms with Gasteiger partial charge in [-0.3, -0.25) is 4.79 Å². The standard InChI is InChI=1S/C21H23N3O3/c1-4-15-11-17(18-12(2)24-27-21(18)22-15)20(25)23-19(13-5-6-13)14-7-9-16(26-3)10-8-14/h7-11,13,19H,4-6H2,1-3H3,(H,23,25). The number of nitrogens with one attached hydrogen (secondary N) is 1. The summed E-state index contributed by atoms with van der Waals surface area (Å²) in [5, 5.41) is 7.91. The summed E-state index contributed by atoms with van der Waals surface area (Å²) in [6, 6.07) is 9.73. The van der Waals surface area contributed by atoms with Crippen molar-refractivity contribution in [3.8, 4) is 5.75 Å². The summed E-state index contributed by atoms with van der Waals surface area (Å²) < 4.78 is 10.5. The molecule has 27 heavy (non-hydrogen) atoms. The summed E-state index contributed by atoms with van der Waals surface area (Å²) in [5.41, 5.74) is 3.59. The van der Waals surface area contributed by atoms with E-state index in [1.807, 2.05) is 44.2 Å². The van der Waals surface area contributed by atoms with Crippen LogP contribution in [0.2, 0.25) is 0 Å². The molecule has 1 atom stereocenters. The highest BCUT2D eigenvalue weighted by molar-refractivity contribution is 6.06. The van der Waals surface area contributed by atoms with Crippen LogP contribution in [-0.2, 0) is 6.42 Å². The summed E-state index contributed by atoms with van der Waals surface area (Å²) in [4.78, 5) is 17.6. The third-order valence-electron chi connectivity index (χ3n) is 5.13. The van der Waals surface area contributed by atoms with E-state index in [4.69, 9.17) is 9.26 Å². The fourth-order valence-electron chi connectivity index (χ4n) is 3.44. The molecule has 1 N–H and O–H groups in total. The van der Waals surface area contributed by atoms with E-state index in [-0.39, 0.29) is 11.9 Å². The number of rotatable bonds is 6. The van der Waals surface area contributed by atoms with Crippen LogP contribution in [0, 0.1) is 12.8 Å². The zero-order valence-corrected chi connectivity index (χ0v) is 15.8. The molecule has 6 nitrogen and oxygen atoms in total. The van der Waals surface area contributed by atoms with Crippen molar-refractivity contribution in [2.75, 3.05) is 7.11 Å². The van der Waals surface area contributed by atoms with Crippen LogP contribution in [-0.4, -0.2) is 23.2 Å². The van der Waals surface area contributed by atoms with Crippen molar-refractivity contribution in [3.05, 3.63) is 52.8 Å². The number of aryl methyl sites for hydroxylation is 2. The Morgan fingerprint density at radius 2 is 2.07 bits per heavy atom. The molecule has 1 aromatic carbocycles. The van der Waals surface area contributed by atoms with E-state index in [1.54, 1.807) is 7.11 Å². The molecule has 0 radical (unpaired) electrons. The monoisotopic (exact) mass is 365 g/mol. The van der Waals surface area contributed by atoms with Gasteiger partial charge in [0.2, 0.25) is 0 Å². The normalized spacial score (nSPS) is 14.9. The third kappa shape index (κ3) is 3.39. The number of nitrogens with zero attached hydrogens (tertiary/aromatic N) is 2. The van der Waals surface area contributed by atoms with Crippen molar-refractivity contribution < 1.29 is 14.1 Å². The van der Waals surface area contributed by atoms with Crippen LogP contribution in [0.4, 0.5) is 0 Å². The molecule has 1 unspecified atom stereocenters. The summed E-state index contributed by atoms with van der Waals surface area (Å²) in [6.07, 6.45) is 2.96. The first-order valence-corrected chi connectivity index (χ1v) is 9.31. The molecule has 140 valence electrons. The number of hydrogen-bond acceptors (Lipinski definition) is 5. The molecule has 3 aromatic rings. The van der Waals surface area contributed by atoms with Gasteiger partial charge in [0.15, 0.2) is 0 Å². The third-order valence-corrected chi connectivity index (χ3v) is 5.13. The van der Waals surface area contributed by atoms with Gasteiger partial charge >= 0.3 is 0 Å². The van der Waals surface area contributed by atoms with Crippen molar-refractivity contribution >= 4 is 17.0 Å². The first kappa shape index (κ1) is 17.5. The Labute approximate surface area is 157 Å². The quantitative estimate of drug-likeness (QED) is 0.715. The number of methoxy groups -OCH3 is 1. The lowest BCUT2D eigenvalue weighted by Gasteiger charge is -2.19. The molecule has 0 aliphatic heterocycles. The average molecular weight is 365 g/mol. The molecule has 1 fully saturated rings. The molecule has 4 rings (SSSR count). The molecular weight excluding hydrogens is 342 g/mol. The molecule has 0 spiro atoms. The Bertz CT molecular complexity index is 974. The first-order chi connectivity index (χ1) is 13.1. The number of ether oxygens (including phenoxy) is 1. The van der Waals surface area contributed by atoms with Crippen molar-refractivity contribution in [2.45, 2.75) is 39.2 Å². The van der Waals surface area contributed by atoms with E-state index in [9.17, 15) is 4.79 Å². The Morgan fingerprint density at radius 3 is 2.70 bits per heavy atom. The van der Waals surface area contributed by atoms with E-state index in [0.29, 0.717) is 28.3 Å². The lowest BCUT2D eigenvalue weighted by molar-refractivity contribution is 0.0933. The molecule has 2 heterocycles. The lowest BCUT2D eigenvalue weighted by Crippen LogP contribution is -2.30. The van der Waals surface area contributed by atoms with Crippen LogP contribution in [0.3, 0.4) is 0 Å². The van der Waals surface area contributed by atoms with E-state index in [2.05, 4.69) is 15.5 Å². The molecule has 0 saturated heterocycles. The maximum Gasteiger partial charge on any atom is 0.258 e. The highest BCUT2D eigenvalue weighted by Crippen LogP contribution is 2.41. The molecule has 1 saturated carbocycles. The highest BCUT2D eigenvalue weighted by atomic mass is 16.5. The van der Waals surface area contributed by atoms with Gasteiger partial charge in [0.25, 0.3) is 11.6 Å². The van der Waals surface area contributed by atoms with Crippen LogP contribution >= 0.6 is 0 Å². The molecule has 6 heteroatoms. The topological polar surface area (TPSA) is 77.2 Å². The Hall–Kier alpha value is -2.89. The minimum Gasteiger partial charge on any atom is -0.497 e. The summed E-state index contributed by atoms with van der Waals surface area (Å²) >= 11 is 0. The van der Waals surface area contributed by atoms with Crippen molar-refractivity contribution in [1.29, 1.82) is 0 Å². The minimum atomic E-state index is -0.115. The van der Waals surface area contributed by atoms with Crippen LogP contribution in [0.25, 0.3) is 11.1 Å². The maximum atomic E-state index is 13.2. The van der Waals surface area contributed by atoms with Gasteiger partial charge in [0, 0.05) is 5.69 Å². The van der Waals surface area contributed by atoms with E-state index >= 15 is 0 Å². The number of aromatic nitrogens is 2.